The van der Waals surface area contributed by atoms with Crippen molar-refractivity contribution in [2.24, 2.45) is 5.92 Å². The van der Waals surface area contributed by atoms with Crippen LogP contribution in [0.15, 0.2) is 23.1 Å². The average molecular weight is 341 g/mol. The Balaban J connectivity index is 2.08. The zero-order valence-corrected chi connectivity index (χ0v) is 13.8. The van der Waals surface area contributed by atoms with Crippen molar-refractivity contribution in [1.82, 2.24) is 4.31 Å². The van der Waals surface area contributed by atoms with Crippen molar-refractivity contribution < 1.29 is 22.3 Å². The lowest BCUT2D eigenvalue weighted by molar-refractivity contribution is 0.101. The summed E-state index contributed by atoms with van der Waals surface area (Å²) >= 11 is 0. The molecular weight excluding hydrogens is 321 g/mol. The number of hydrogen-bond donors (Lipinski definition) is 0. The highest BCUT2D eigenvalue weighted by atomic mass is 32.2. The van der Waals surface area contributed by atoms with Gasteiger partial charge in [-0.05, 0) is 37.0 Å². The minimum absolute atomic E-state index is 0.137. The molecule has 0 spiro atoms. The van der Waals surface area contributed by atoms with Crippen LogP contribution in [0.4, 0.5) is 4.39 Å². The molecule has 1 aromatic carbocycles. The Morgan fingerprint density at radius 2 is 2.09 bits per heavy atom. The van der Waals surface area contributed by atoms with E-state index in [9.17, 15) is 12.8 Å². The van der Waals surface area contributed by atoms with E-state index in [0.29, 0.717) is 32.5 Å². The third-order valence-electron chi connectivity index (χ3n) is 3.86. The molecule has 0 N–H and O–H groups in total. The van der Waals surface area contributed by atoms with Gasteiger partial charge in [0.1, 0.15) is 23.1 Å². The first-order chi connectivity index (χ1) is 11.0. The number of hydrogen-bond acceptors (Lipinski definition) is 4. The fourth-order valence-corrected chi connectivity index (χ4v) is 4.23. The van der Waals surface area contributed by atoms with Gasteiger partial charge in [-0.1, -0.05) is 5.92 Å². The first kappa shape index (κ1) is 17.7. The molecule has 23 heavy (non-hydrogen) atoms. The molecule has 1 aromatic rings. The zero-order chi connectivity index (χ0) is 16.9. The molecule has 5 nitrogen and oxygen atoms in total. The SMILES string of the molecule is C#CCOCC1CCN(S(=O)(=O)c2cc(F)ccc2OC)CC1. The van der Waals surface area contributed by atoms with E-state index in [-0.39, 0.29) is 23.2 Å². The van der Waals surface area contributed by atoms with E-state index in [4.69, 9.17) is 15.9 Å². The number of piperidine rings is 1. The second kappa shape index (κ2) is 7.77. The van der Waals surface area contributed by atoms with Crippen LogP contribution in [0, 0.1) is 24.1 Å². The Morgan fingerprint density at radius 3 is 2.70 bits per heavy atom. The molecule has 0 aliphatic carbocycles. The van der Waals surface area contributed by atoms with Crippen molar-refractivity contribution in [3.8, 4) is 18.1 Å². The quantitative estimate of drug-likeness (QED) is 0.586. The maximum Gasteiger partial charge on any atom is 0.246 e. The summed E-state index contributed by atoms with van der Waals surface area (Å²) in [6, 6.07) is 3.49. The second-order valence-electron chi connectivity index (χ2n) is 5.36. The van der Waals surface area contributed by atoms with Gasteiger partial charge in [-0.25, -0.2) is 12.8 Å². The summed E-state index contributed by atoms with van der Waals surface area (Å²) in [7, 11) is -2.42. The van der Waals surface area contributed by atoms with Crippen LogP contribution in [0.1, 0.15) is 12.8 Å². The van der Waals surface area contributed by atoms with Gasteiger partial charge in [0, 0.05) is 13.1 Å². The number of rotatable bonds is 6. The van der Waals surface area contributed by atoms with E-state index in [1.165, 1.54) is 23.5 Å². The number of methoxy groups -OCH3 is 1. The van der Waals surface area contributed by atoms with Gasteiger partial charge in [0.25, 0.3) is 0 Å². The summed E-state index contributed by atoms with van der Waals surface area (Å²) in [5, 5.41) is 0. The van der Waals surface area contributed by atoms with Crippen LogP contribution < -0.4 is 4.74 Å². The van der Waals surface area contributed by atoms with Crippen LogP contribution in [0.5, 0.6) is 5.75 Å². The molecule has 1 fully saturated rings. The lowest BCUT2D eigenvalue weighted by Gasteiger charge is -2.31. The molecule has 0 aromatic heterocycles. The summed E-state index contributed by atoms with van der Waals surface area (Å²) < 4.78 is 50.6. The van der Waals surface area contributed by atoms with E-state index in [1.54, 1.807) is 0 Å². The summed E-state index contributed by atoms with van der Waals surface area (Å²) in [5.41, 5.74) is 0. The molecule has 1 saturated heterocycles. The lowest BCUT2D eigenvalue weighted by Crippen LogP contribution is -2.39. The number of sulfonamides is 1. The highest BCUT2D eigenvalue weighted by molar-refractivity contribution is 7.89. The third-order valence-corrected chi connectivity index (χ3v) is 5.78. The first-order valence-corrected chi connectivity index (χ1v) is 8.78. The predicted octanol–water partition coefficient (Wildman–Crippen LogP) is 1.88. The van der Waals surface area contributed by atoms with Crippen LogP contribution in [-0.2, 0) is 14.8 Å². The molecule has 0 radical (unpaired) electrons. The van der Waals surface area contributed by atoms with Crippen molar-refractivity contribution in [1.29, 1.82) is 0 Å². The minimum Gasteiger partial charge on any atom is -0.495 e. The Labute approximate surface area is 136 Å². The van der Waals surface area contributed by atoms with E-state index in [0.717, 1.165) is 6.07 Å². The zero-order valence-electron chi connectivity index (χ0n) is 13.0. The molecule has 1 aliphatic rings. The van der Waals surface area contributed by atoms with Crippen molar-refractivity contribution in [2.75, 3.05) is 33.4 Å². The van der Waals surface area contributed by atoms with Crippen LogP contribution in [0.3, 0.4) is 0 Å². The molecule has 0 amide bonds. The number of ether oxygens (including phenoxy) is 2. The van der Waals surface area contributed by atoms with E-state index >= 15 is 0 Å². The van der Waals surface area contributed by atoms with Gasteiger partial charge in [0.05, 0.1) is 13.7 Å². The molecule has 2 rings (SSSR count). The van der Waals surface area contributed by atoms with Crippen molar-refractivity contribution in [3.63, 3.8) is 0 Å². The molecule has 0 saturated carbocycles. The lowest BCUT2D eigenvalue weighted by atomic mass is 9.99. The van der Waals surface area contributed by atoms with Crippen molar-refractivity contribution in [3.05, 3.63) is 24.0 Å². The van der Waals surface area contributed by atoms with Gasteiger partial charge < -0.3 is 9.47 Å². The van der Waals surface area contributed by atoms with E-state index in [1.807, 2.05) is 0 Å². The molecule has 1 aliphatic heterocycles. The number of nitrogens with zero attached hydrogens (tertiary/aromatic N) is 1. The Morgan fingerprint density at radius 1 is 1.39 bits per heavy atom. The fourth-order valence-electron chi connectivity index (χ4n) is 2.59. The minimum atomic E-state index is -3.78. The maximum absolute atomic E-state index is 13.4. The summed E-state index contributed by atoms with van der Waals surface area (Å²) in [6.45, 7) is 1.53. The second-order valence-corrected chi connectivity index (χ2v) is 7.27. The van der Waals surface area contributed by atoms with Crippen LogP contribution in [-0.4, -0.2) is 46.1 Å². The number of terminal acetylenes is 1. The summed E-state index contributed by atoms with van der Waals surface area (Å²) in [4.78, 5) is -0.137. The monoisotopic (exact) mass is 341 g/mol. The summed E-state index contributed by atoms with van der Waals surface area (Å²) in [5.74, 6) is 2.22. The van der Waals surface area contributed by atoms with Crippen LogP contribution in [0.25, 0.3) is 0 Å². The Bertz CT molecular complexity index is 676. The van der Waals surface area contributed by atoms with Crippen molar-refractivity contribution in [2.45, 2.75) is 17.7 Å². The molecule has 126 valence electrons. The Hall–Kier alpha value is -1.62. The normalized spacial score (nSPS) is 16.9. The van der Waals surface area contributed by atoms with Crippen LogP contribution in [0.2, 0.25) is 0 Å². The standard InChI is InChI=1S/C16H20FNO4S/c1-3-10-22-12-13-6-8-18(9-7-13)23(19,20)16-11-14(17)4-5-15(16)21-2/h1,4-5,11,13H,6-10,12H2,2H3. The first-order valence-electron chi connectivity index (χ1n) is 7.34. The molecule has 0 bridgehead atoms. The summed E-state index contributed by atoms with van der Waals surface area (Å²) in [6.07, 6.45) is 6.49. The van der Waals surface area contributed by atoms with Gasteiger partial charge in [-0.15, -0.1) is 6.42 Å². The fraction of sp³-hybridized carbons (Fsp3) is 0.500. The highest BCUT2D eigenvalue weighted by Gasteiger charge is 2.31. The third kappa shape index (κ3) is 4.22. The van der Waals surface area contributed by atoms with Gasteiger partial charge in [-0.3, -0.25) is 0 Å². The molecule has 1 heterocycles. The van der Waals surface area contributed by atoms with Crippen LogP contribution >= 0.6 is 0 Å². The smallest absolute Gasteiger partial charge is 0.246 e. The molecule has 0 unspecified atom stereocenters. The van der Waals surface area contributed by atoms with E-state index < -0.39 is 15.8 Å². The largest absolute Gasteiger partial charge is 0.495 e. The predicted molar refractivity (Wildman–Crippen MR) is 84.1 cm³/mol. The van der Waals surface area contributed by atoms with Gasteiger partial charge in [0.2, 0.25) is 10.0 Å². The maximum atomic E-state index is 13.4. The average Bonchev–Trinajstić information content (AvgIpc) is 2.55. The van der Waals surface area contributed by atoms with Crippen molar-refractivity contribution >= 4 is 10.0 Å². The topological polar surface area (TPSA) is 55.8 Å². The van der Waals surface area contributed by atoms with E-state index in [2.05, 4.69) is 5.92 Å². The van der Waals surface area contributed by atoms with Gasteiger partial charge >= 0.3 is 0 Å². The number of halogens is 1. The number of benzene rings is 1. The molecule has 7 heteroatoms. The highest BCUT2D eigenvalue weighted by Crippen LogP contribution is 2.30. The molecule has 0 atom stereocenters. The molecular formula is C16H20FNO4S. The van der Waals surface area contributed by atoms with Gasteiger partial charge in [0.15, 0.2) is 0 Å². The Kier molecular flexibility index (Phi) is 5.99. The van der Waals surface area contributed by atoms with Gasteiger partial charge in [-0.2, -0.15) is 4.31 Å².